The van der Waals surface area contributed by atoms with Crippen LogP contribution in [-0.4, -0.2) is 16.5 Å². The third-order valence-corrected chi connectivity index (χ3v) is 2.49. The SMILES string of the molecule is CCCCCN=C1C=C(Br)NN(Br)N1. The summed E-state index contributed by atoms with van der Waals surface area (Å²) < 4.78 is 2.46. The Morgan fingerprint density at radius 2 is 2.21 bits per heavy atom. The van der Waals surface area contributed by atoms with E-state index in [-0.39, 0.29) is 0 Å². The molecule has 0 radical (unpaired) electrons. The number of halogens is 2. The number of nitrogens with zero attached hydrogens (tertiary/aromatic N) is 2. The summed E-state index contributed by atoms with van der Waals surface area (Å²) in [7, 11) is 0. The molecule has 1 heterocycles. The summed E-state index contributed by atoms with van der Waals surface area (Å²) in [4.78, 5) is 4.41. The summed E-state index contributed by atoms with van der Waals surface area (Å²) in [6, 6.07) is 0. The first kappa shape index (κ1) is 12.0. The molecule has 0 fully saturated rings. The van der Waals surface area contributed by atoms with E-state index in [1.165, 1.54) is 12.8 Å². The molecule has 14 heavy (non-hydrogen) atoms. The molecule has 0 spiro atoms. The van der Waals surface area contributed by atoms with E-state index < -0.39 is 0 Å². The van der Waals surface area contributed by atoms with Crippen LogP contribution >= 0.6 is 32.1 Å². The maximum absolute atomic E-state index is 4.41. The summed E-state index contributed by atoms with van der Waals surface area (Å²) in [5, 5.41) is 0. The van der Waals surface area contributed by atoms with Gasteiger partial charge in [0.1, 0.15) is 5.84 Å². The summed E-state index contributed by atoms with van der Waals surface area (Å²) in [5.41, 5.74) is 5.95. The molecule has 80 valence electrons. The van der Waals surface area contributed by atoms with Crippen molar-refractivity contribution in [3.05, 3.63) is 10.7 Å². The van der Waals surface area contributed by atoms with Crippen LogP contribution in [0.1, 0.15) is 26.2 Å². The Hall–Kier alpha value is -0.0700. The molecule has 0 amide bonds. The summed E-state index contributed by atoms with van der Waals surface area (Å²) in [6.07, 6.45) is 5.51. The quantitative estimate of drug-likeness (QED) is 0.474. The molecule has 0 aromatic heterocycles. The van der Waals surface area contributed by atoms with Crippen LogP contribution in [-0.2, 0) is 0 Å². The van der Waals surface area contributed by atoms with Gasteiger partial charge >= 0.3 is 0 Å². The van der Waals surface area contributed by atoms with Crippen LogP contribution in [0.25, 0.3) is 0 Å². The van der Waals surface area contributed by atoms with Gasteiger partial charge in [0.05, 0.1) is 20.8 Å². The molecule has 1 rings (SSSR count). The third-order valence-electron chi connectivity index (χ3n) is 1.72. The number of hydrazine groups is 2. The smallest absolute Gasteiger partial charge is 0.140 e. The van der Waals surface area contributed by atoms with Gasteiger partial charge in [-0.2, -0.15) is 0 Å². The molecule has 0 unspecified atom stereocenters. The van der Waals surface area contributed by atoms with Gasteiger partial charge in [0, 0.05) is 12.6 Å². The predicted molar refractivity (Wildman–Crippen MR) is 65.9 cm³/mol. The lowest BCUT2D eigenvalue weighted by Crippen LogP contribution is -2.46. The average molecular weight is 326 g/mol. The topological polar surface area (TPSA) is 39.7 Å². The largest absolute Gasteiger partial charge is 0.284 e. The van der Waals surface area contributed by atoms with Gasteiger partial charge in [0.25, 0.3) is 0 Å². The van der Waals surface area contributed by atoms with Crippen LogP contribution in [0.2, 0.25) is 0 Å². The van der Waals surface area contributed by atoms with Crippen LogP contribution in [0.15, 0.2) is 15.7 Å². The van der Waals surface area contributed by atoms with E-state index in [9.17, 15) is 0 Å². The van der Waals surface area contributed by atoms with Crippen molar-refractivity contribution in [3.63, 3.8) is 0 Å². The number of nitrogens with one attached hydrogen (secondary N) is 2. The maximum Gasteiger partial charge on any atom is 0.140 e. The third kappa shape index (κ3) is 4.43. The Balaban J connectivity index is 2.39. The highest BCUT2D eigenvalue weighted by atomic mass is 79.9. The highest BCUT2D eigenvalue weighted by Crippen LogP contribution is 2.07. The number of hydrogen-bond acceptors (Lipinski definition) is 3. The molecule has 0 saturated carbocycles. The highest BCUT2D eigenvalue weighted by Gasteiger charge is 2.09. The molecule has 0 aliphatic carbocycles. The fraction of sp³-hybridized carbons (Fsp3) is 0.625. The Kier molecular flexibility index (Phi) is 5.50. The van der Waals surface area contributed by atoms with Crippen molar-refractivity contribution in [1.82, 2.24) is 15.0 Å². The molecule has 0 bridgehead atoms. The summed E-state index contributed by atoms with van der Waals surface area (Å²) in [5.74, 6) is 0.851. The summed E-state index contributed by atoms with van der Waals surface area (Å²) >= 11 is 6.60. The van der Waals surface area contributed by atoms with Gasteiger partial charge in [-0.05, 0) is 22.4 Å². The van der Waals surface area contributed by atoms with Crippen molar-refractivity contribution in [2.45, 2.75) is 26.2 Å². The van der Waals surface area contributed by atoms with E-state index in [1.54, 1.807) is 4.14 Å². The van der Waals surface area contributed by atoms with Gasteiger partial charge in [-0.1, -0.05) is 23.9 Å². The second kappa shape index (κ2) is 6.42. The average Bonchev–Trinajstić information content (AvgIpc) is 2.11. The molecule has 0 aromatic rings. The van der Waals surface area contributed by atoms with Gasteiger partial charge < -0.3 is 0 Å². The first-order chi connectivity index (χ1) is 6.72. The fourth-order valence-corrected chi connectivity index (χ4v) is 2.05. The second-order valence-corrected chi connectivity index (χ2v) is 4.53. The highest BCUT2D eigenvalue weighted by molar-refractivity contribution is 9.11. The Morgan fingerprint density at radius 3 is 2.86 bits per heavy atom. The van der Waals surface area contributed by atoms with Crippen molar-refractivity contribution in [1.29, 1.82) is 0 Å². The molecule has 0 saturated heterocycles. The Bertz CT molecular complexity index is 239. The number of aliphatic imine (C=N–C) groups is 1. The van der Waals surface area contributed by atoms with E-state index in [0.29, 0.717) is 0 Å². The van der Waals surface area contributed by atoms with E-state index in [2.05, 4.69) is 54.8 Å². The number of hydrogen-bond donors (Lipinski definition) is 2. The van der Waals surface area contributed by atoms with E-state index in [1.807, 2.05) is 6.08 Å². The minimum atomic E-state index is 0.851. The van der Waals surface area contributed by atoms with Crippen molar-refractivity contribution < 1.29 is 0 Å². The van der Waals surface area contributed by atoms with E-state index in [0.717, 1.165) is 23.4 Å². The van der Waals surface area contributed by atoms with Gasteiger partial charge in [-0.3, -0.25) is 15.8 Å². The summed E-state index contributed by atoms with van der Waals surface area (Å²) in [6.45, 7) is 3.06. The Labute approximate surface area is 101 Å². The molecule has 4 nitrogen and oxygen atoms in total. The zero-order valence-electron chi connectivity index (χ0n) is 8.06. The Morgan fingerprint density at radius 1 is 1.43 bits per heavy atom. The molecule has 6 heteroatoms. The molecule has 0 aromatic carbocycles. The first-order valence-corrected chi connectivity index (χ1v) is 6.13. The minimum absolute atomic E-state index is 0.851. The minimum Gasteiger partial charge on any atom is -0.284 e. The zero-order chi connectivity index (χ0) is 10.4. The van der Waals surface area contributed by atoms with Crippen molar-refractivity contribution in [2.75, 3.05) is 6.54 Å². The van der Waals surface area contributed by atoms with Crippen molar-refractivity contribution >= 4 is 37.9 Å². The molecular formula is C8H14Br2N4. The lowest BCUT2D eigenvalue weighted by atomic mass is 10.2. The van der Waals surface area contributed by atoms with E-state index >= 15 is 0 Å². The van der Waals surface area contributed by atoms with Crippen molar-refractivity contribution in [2.24, 2.45) is 4.99 Å². The maximum atomic E-state index is 4.41. The number of amidine groups is 1. The van der Waals surface area contributed by atoms with Crippen LogP contribution < -0.4 is 10.9 Å². The van der Waals surface area contributed by atoms with Crippen LogP contribution in [0, 0.1) is 0 Å². The number of rotatable bonds is 4. The zero-order valence-corrected chi connectivity index (χ0v) is 11.2. The van der Waals surface area contributed by atoms with Crippen molar-refractivity contribution in [3.8, 4) is 0 Å². The van der Waals surface area contributed by atoms with Gasteiger partial charge in [0.2, 0.25) is 0 Å². The predicted octanol–water partition coefficient (Wildman–Crippen LogP) is 2.45. The first-order valence-electron chi connectivity index (χ1n) is 4.63. The lowest BCUT2D eigenvalue weighted by molar-refractivity contribution is 0.371. The fourth-order valence-electron chi connectivity index (χ4n) is 1.05. The second-order valence-electron chi connectivity index (χ2n) is 2.97. The van der Waals surface area contributed by atoms with Gasteiger partial charge in [-0.25, -0.2) is 0 Å². The van der Waals surface area contributed by atoms with Crippen LogP contribution in [0.4, 0.5) is 0 Å². The molecular weight excluding hydrogens is 312 g/mol. The van der Waals surface area contributed by atoms with Crippen LogP contribution in [0.5, 0.6) is 0 Å². The van der Waals surface area contributed by atoms with Gasteiger partial charge in [-0.15, -0.1) is 0 Å². The standard InChI is InChI=1S/C8H14Br2N4/c1-2-3-4-5-11-8-6-7(9)12-14(10)13-8/h6,12H,2-5H2,1H3,(H,11,13). The lowest BCUT2D eigenvalue weighted by Gasteiger charge is -2.22. The van der Waals surface area contributed by atoms with E-state index in [4.69, 9.17) is 0 Å². The monoisotopic (exact) mass is 324 g/mol. The molecule has 0 atom stereocenters. The molecule has 1 aliphatic heterocycles. The normalized spacial score (nSPS) is 20.2. The van der Waals surface area contributed by atoms with Gasteiger partial charge in [0.15, 0.2) is 0 Å². The number of unbranched alkanes of at least 4 members (excludes halogenated alkanes) is 2. The van der Waals surface area contributed by atoms with Crippen LogP contribution in [0.3, 0.4) is 0 Å². The molecule has 2 N–H and O–H groups in total. The molecule has 1 aliphatic rings.